The summed E-state index contributed by atoms with van der Waals surface area (Å²) < 4.78 is 1.12. The van der Waals surface area contributed by atoms with Gasteiger partial charge in [-0.05, 0) is 11.6 Å². The number of thiophene rings is 1. The Morgan fingerprint density at radius 1 is 1.46 bits per heavy atom. The SMILES string of the molecule is Nc1csc2c(S)ccc(CCl)c12. The molecule has 1 aromatic heterocycles. The lowest BCUT2D eigenvalue weighted by atomic mass is 10.1. The van der Waals surface area contributed by atoms with Crippen LogP contribution < -0.4 is 5.73 Å². The maximum atomic E-state index is 5.84. The van der Waals surface area contributed by atoms with Crippen LogP contribution in [0, 0.1) is 0 Å². The van der Waals surface area contributed by atoms with Crippen molar-refractivity contribution in [2.75, 3.05) is 5.73 Å². The van der Waals surface area contributed by atoms with Crippen molar-refractivity contribution < 1.29 is 0 Å². The van der Waals surface area contributed by atoms with Crippen molar-refractivity contribution in [1.29, 1.82) is 0 Å². The van der Waals surface area contributed by atoms with Crippen molar-refractivity contribution in [2.45, 2.75) is 10.8 Å². The van der Waals surface area contributed by atoms with Gasteiger partial charge in [0.25, 0.3) is 0 Å². The number of thiol groups is 1. The normalized spacial score (nSPS) is 10.9. The van der Waals surface area contributed by atoms with Gasteiger partial charge in [-0.3, -0.25) is 0 Å². The lowest BCUT2D eigenvalue weighted by Gasteiger charge is -2.01. The maximum absolute atomic E-state index is 5.84. The van der Waals surface area contributed by atoms with E-state index < -0.39 is 0 Å². The average molecular weight is 230 g/mol. The fourth-order valence-electron chi connectivity index (χ4n) is 1.34. The van der Waals surface area contributed by atoms with Crippen LogP contribution in [0.5, 0.6) is 0 Å². The Balaban J connectivity index is 2.88. The largest absolute Gasteiger partial charge is 0.398 e. The standard InChI is InChI=1S/C9H8ClNS2/c10-3-5-1-2-7(12)9-8(5)6(11)4-13-9/h1-2,4,12H,3,11H2. The molecule has 0 spiro atoms. The second kappa shape index (κ2) is 3.40. The van der Waals surface area contributed by atoms with Crippen molar-refractivity contribution in [2.24, 2.45) is 0 Å². The summed E-state index contributed by atoms with van der Waals surface area (Å²) in [6.07, 6.45) is 0. The minimum Gasteiger partial charge on any atom is -0.398 e. The second-order valence-corrected chi connectivity index (χ2v) is 4.40. The van der Waals surface area contributed by atoms with E-state index in [0.29, 0.717) is 5.88 Å². The van der Waals surface area contributed by atoms with Crippen LogP contribution in [-0.4, -0.2) is 0 Å². The Kier molecular flexibility index (Phi) is 2.41. The summed E-state index contributed by atoms with van der Waals surface area (Å²) in [7, 11) is 0. The van der Waals surface area contributed by atoms with Crippen LogP contribution >= 0.6 is 35.6 Å². The molecule has 13 heavy (non-hydrogen) atoms. The summed E-state index contributed by atoms with van der Waals surface area (Å²) in [5, 5.41) is 2.99. The molecule has 2 rings (SSSR count). The molecule has 0 bridgehead atoms. The molecular formula is C9H8ClNS2. The van der Waals surface area contributed by atoms with Gasteiger partial charge in [0.05, 0.1) is 10.4 Å². The van der Waals surface area contributed by atoms with E-state index in [-0.39, 0.29) is 0 Å². The molecular weight excluding hydrogens is 222 g/mol. The zero-order valence-electron chi connectivity index (χ0n) is 6.75. The maximum Gasteiger partial charge on any atom is 0.0506 e. The highest BCUT2D eigenvalue weighted by molar-refractivity contribution is 7.80. The molecule has 0 radical (unpaired) electrons. The molecule has 1 aromatic carbocycles. The van der Waals surface area contributed by atoms with E-state index in [1.165, 1.54) is 0 Å². The van der Waals surface area contributed by atoms with Crippen molar-refractivity contribution in [3.63, 3.8) is 0 Å². The minimum atomic E-state index is 0.492. The highest BCUT2D eigenvalue weighted by atomic mass is 35.5. The highest BCUT2D eigenvalue weighted by Crippen LogP contribution is 2.35. The number of fused-ring (bicyclic) bond motifs is 1. The molecule has 0 aliphatic rings. The number of rotatable bonds is 1. The van der Waals surface area contributed by atoms with E-state index in [2.05, 4.69) is 12.6 Å². The number of halogens is 1. The van der Waals surface area contributed by atoms with Gasteiger partial charge in [-0.1, -0.05) is 6.07 Å². The summed E-state index contributed by atoms with van der Waals surface area (Å²) >= 11 is 11.8. The monoisotopic (exact) mass is 229 g/mol. The highest BCUT2D eigenvalue weighted by Gasteiger charge is 2.08. The number of anilines is 1. The smallest absolute Gasteiger partial charge is 0.0506 e. The second-order valence-electron chi connectivity index (χ2n) is 2.77. The van der Waals surface area contributed by atoms with Gasteiger partial charge in [0.2, 0.25) is 0 Å². The topological polar surface area (TPSA) is 26.0 Å². The molecule has 2 N–H and O–H groups in total. The van der Waals surface area contributed by atoms with Crippen LogP contribution in [-0.2, 0) is 5.88 Å². The Morgan fingerprint density at radius 2 is 2.23 bits per heavy atom. The lowest BCUT2D eigenvalue weighted by molar-refractivity contribution is 1.43. The van der Waals surface area contributed by atoms with E-state index >= 15 is 0 Å². The van der Waals surface area contributed by atoms with Gasteiger partial charge in [-0.2, -0.15) is 0 Å². The molecule has 1 nitrogen and oxygen atoms in total. The number of nitrogens with two attached hydrogens (primary N) is 1. The lowest BCUT2D eigenvalue weighted by Crippen LogP contribution is -1.86. The fourth-order valence-corrected chi connectivity index (χ4v) is 2.83. The summed E-state index contributed by atoms with van der Waals surface area (Å²) in [6, 6.07) is 3.93. The first-order valence-corrected chi connectivity index (χ1v) is 5.63. The quantitative estimate of drug-likeness (QED) is 0.568. The fraction of sp³-hybridized carbons (Fsp3) is 0.111. The predicted molar refractivity (Wildman–Crippen MR) is 63.0 cm³/mol. The zero-order chi connectivity index (χ0) is 9.42. The van der Waals surface area contributed by atoms with Crippen LogP contribution in [0.25, 0.3) is 10.1 Å². The molecule has 0 atom stereocenters. The van der Waals surface area contributed by atoms with E-state index in [0.717, 1.165) is 26.2 Å². The first-order chi connectivity index (χ1) is 6.24. The first kappa shape index (κ1) is 9.19. The Bertz CT molecular complexity index is 450. The van der Waals surface area contributed by atoms with Gasteiger partial charge < -0.3 is 5.73 Å². The zero-order valence-corrected chi connectivity index (χ0v) is 9.22. The predicted octanol–water partition coefficient (Wildman–Crippen LogP) is 3.51. The third kappa shape index (κ3) is 1.41. The van der Waals surface area contributed by atoms with E-state index in [1.807, 2.05) is 17.5 Å². The average Bonchev–Trinajstić information content (AvgIpc) is 2.51. The molecule has 0 saturated heterocycles. The van der Waals surface area contributed by atoms with Crippen LogP contribution in [0.2, 0.25) is 0 Å². The van der Waals surface area contributed by atoms with Gasteiger partial charge in [0.1, 0.15) is 0 Å². The third-order valence-corrected chi connectivity index (χ3v) is 3.80. The molecule has 68 valence electrons. The van der Waals surface area contributed by atoms with Crippen LogP contribution in [0.3, 0.4) is 0 Å². The number of nitrogen functional groups attached to an aromatic ring is 1. The molecule has 4 heteroatoms. The van der Waals surface area contributed by atoms with Crippen LogP contribution in [0.15, 0.2) is 22.4 Å². The number of hydrogen-bond acceptors (Lipinski definition) is 3. The van der Waals surface area contributed by atoms with E-state index in [1.54, 1.807) is 11.3 Å². The molecule has 0 aliphatic heterocycles. The number of alkyl halides is 1. The minimum absolute atomic E-state index is 0.492. The van der Waals surface area contributed by atoms with Crippen molar-refractivity contribution >= 4 is 51.3 Å². The van der Waals surface area contributed by atoms with Gasteiger partial charge in [-0.15, -0.1) is 35.6 Å². The Hall–Kier alpha value is -0.380. The van der Waals surface area contributed by atoms with E-state index in [9.17, 15) is 0 Å². The summed E-state index contributed by atoms with van der Waals surface area (Å²) in [5.74, 6) is 0.492. The molecule has 0 aliphatic carbocycles. The molecule has 0 fully saturated rings. The molecule has 0 saturated carbocycles. The van der Waals surface area contributed by atoms with Crippen molar-refractivity contribution in [1.82, 2.24) is 0 Å². The van der Waals surface area contributed by atoms with E-state index in [4.69, 9.17) is 17.3 Å². The number of hydrogen-bond donors (Lipinski definition) is 2. The number of benzene rings is 1. The summed E-state index contributed by atoms with van der Waals surface area (Å²) in [5.41, 5.74) is 7.71. The molecule has 1 heterocycles. The van der Waals surface area contributed by atoms with Gasteiger partial charge >= 0.3 is 0 Å². The van der Waals surface area contributed by atoms with Gasteiger partial charge in [-0.25, -0.2) is 0 Å². The van der Waals surface area contributed by atoms with Gasteiger partial charge in [0, 0.05) is 21.5 Å². The summed E-state index contributed by atoms with van der Waals surface area (Å²) in [6.45, 7) is 0. The third-order valence-electron chi connectivity index (χ3n) is 1.96. The molecule has 0 amide bonds. The summed E-state index contributed by atoms with van der Waals surface area (Å²) in [4.78, 5) is 0.963. The first-order valence-electron chi connectivity index (χ1n) is 3.77. The Labute approximate surface area is 90.9 Å². The van der Waals surface area contributed by atoms with Crippen LogP contribution in [0.1, 0.15) is 5.56 Å². The van der Waals surface area contributed by atoms with Gasteiger partial charge in [0.15, 0.2) is 0 Å². The molecule has 2 aromatic rings. The Morgan fingerprint density at radius 3 is 2.92 bits per heavy atom. The van der Waals surface area contributed by atoms with Crippen LogP contribution in [0.4, 0.5) is 5.69 Å². The van der Waals surface area contributed by atoms with Crippen molar-refractivity contribution in [3.05, 3.63) is 23.1 Å². The molecule has 0 unspecified atom stereocenters. The van der Waals surface area contributed by atoms with Crippen molar-refractivity contribution in [3.8, 4) is 0 Å².